The lowest BCUT2D eigenvalue weighted by atomic mass is 10.1. The van der Waals surface area contributed by atoms with E-state index < -0.39 is 23.0 Å². The number of aromatic nitrogens is 4. The predicted molar refractivity (Wildman–Crippen MR) is 119 cm³/mol. The molecule has 0 unspecified atom stereocenters. The Bertz CT molecular complexity index is 1570. The van der Waals surface area contributed by atoms with Crippen LogP contribution >= 0.6 is 0 Å². The molecular formula is C23H17F3N6O2. The molecule has 4 rings (SSSR count). The summed E-state index contributed by atoms with van der Waals surface area (Å²) in [5.41, 5.74) is 4.94. The molecule has 2 heterocycles. The normalized spacial score (nSPS) is 11.4. The van der Waals surface area contributed by atoms with Gasteiger partial charge in [-0.1, -0.05) is 6.07 Å². The number of alkyl halides is 3. The van der Waals surface area contributed by atoms with E-state index in [0.29, 0.717) is 11.3 Å². The lowest BCUT2D eigenvalue weighted by molar-refractivity contribution is -0.137. The Hall–Kier alpha value is -4.59. The third kappa shape index (κ3) is 3.65. The first kappa shape index (κ1) is 22.6. The van der Waals surface area contributed by atoms with Gasteiger partial charge >= 0.3 is 11.9 Å². The molecule has 8 nitrogen and oxygen atoms in total. The fourth-order valence-electron chi connectivity index (χ4n) is 3.70. The minimum atomic E-state index is -4.62. The van der Waals surface area contributed by atoms with E-state index in [1.165, 1.54) is 37.0 Å². The highest BCUT2D eigenvalue weighted by atomic mass is 19.4. The maximum atomic E-state index is 13.3. The second kappa shape index (κ2) is 8.08. The molecule has 172 valence electrons. The zero-order valence-electron chi connectivity index (χ0n) is 18.0. The Labute approximate surface area is 190 Å². The summed E-state index contributed by atoms with van der Waals surface area (Å²) in [4.78, 5) is 26.1. The van der Waals surface area contributed by atoms with E-state index in [1.54, 1.807) is 24.3 Å². The maximum absolute atomic E-state index is 13.3. The third-order valence-corrected chi connectivity index (χ3v) is 5.40. The number of nitriles is 1. The van der Waals surface area contributed by atoms with Crippen LogP contribution in [0.1, 0.15) is 16.8 Å². The Kier molecular flexibility index (Phi) is 5.37. The van der Waals surface area contributed by atoms with Crippen LogP contribution in [0.2, 0.25) is 0 Å². The van der Waals surface area contributed by atoms with E-state index >= 15 is 0 Å². The topological polar surface area (TPSA) is 112 Å². The average Bonchev–Trinajstić information content (AvgIpc) is 3.18. The van der Waals surface area contributed by atoms with Crippen LogP contribution in [0.5, 0.6) is 0 Å². The van der Waals surface area contributed by atoms with E-state index in [0.717, 1.165) is 21.3 Å². The third-order valence-electron chi connectivity index (χ3n) is 5.40. The highest BCUT2D eigenvalue weighted by molar-refractivity contribution is 5.75. The zero-order valence-corrected chi connectivity index (χ0v) is 18.0. The van der Waals surface area contributed by atoms with Crippen LogP contribution < -0.4 is 17.0 Å². The second-order valence-corrected chi connectivity index (χ2v) is 7.51. The van der Waals surface area contributed by atoms with Crippen LogP contribution in [0.25, 0.3) is 22.6 Å². The number of hydrogen-bond donors (Lipinski definition) is 1. The summed E-state index contributed by atoms with van der Waals surface area (Å²) in [5.74, 6) is 0. The molecule has 0 saturated carbocycles. The van der Waals surface area contributed by atoms with Gasteiger partial charge in [-0.3, -0.25) is 13.9 Å². The molecule has 0 fully saturated rings. The molecule has 4 aromatic rings. The highest BCUT2D eigenvalue weighted by Gasteiger charge is 2.31. The minimum absolute atomic E-state index is 0.00104. The Morgan fingerprint density at radius 3 is 2.35 bits per heavy atom. The molecule has 0 saturated heterocycles. The smallest absolute Gasteiger partial charge is 0.396 e. The fourth-order valence-corrected chi connectivity index (χ4v) is 3.70. The number of benzene rings is 2. The van der Waals surface area contributed by atoms with Crippen LogP contribution in [0.3, 0.4) is 0 Å². The van der Waals surface area contributed by atoms with E-state index in [2.05, 4.69) is 5.10 Å². The van der Waals surface area contributed by atoms with Crippen molar-refractivity contribution >= 4 is 5.69 Å². The Balaban J connectivity index is 2.02. The van der Waals surface area contributed by atoms with Gasteiger partial charge in [0.15, 0.2) is 0 Å². The zero-order chi connectivity index (χ0) is 24.8. The Morgan fingerprint density at radius 1 is 1.06 bits per heavy atom. The van der Waals surface area contributed by atoms with Crippen molar-refractivity contribution in [1.82, 2.24) is 18.9 Å². The molecule has 11 heteroatoms. The van der Waals surface area contributed by atoms with Gasteiger partial charge < -0.3 is 5.73 Å². The van der Waals surface area contributed by atoms with Crippen LogP contribution in [0.4, 0.5) is 18.9 Å². The summed E-state index contributed by atoms with van der Waals surface area (Å²) < 4.78 is 43.1. The van der Waals surface area contributed by atoms with Gasteiger partial charge in [0.25, 0.3) is 5.56 Å². The van der Waals surface area contributed by atoms with Crippen LogP contribution in [-0.4, -0.2) is 18.9 Å². The van der Waals surface area contributed by atoms with Crippen molar-refractivity contribution in [2.45, 2.75) is 13.1 Å². The van der Waals surface area contributed by atoms with Crippen molar-refractivity contribution in [2.75, 3.05) is 5.73 Å². The molecule has 0 radical (unpaired) electrons. The molecule has 0 amide bonds. The van der Waals surface area contributed by atoms with Crippen LogP contribution in [-0.2, 0) is 13.2 Å². The van der Waals surface area contributed by atoms with Gasteiger partial charge in [0.2, 0.25) is 0 Å². The first-order valence-electron chi connectivity index (χ1n) is 9.89. The minimum Gasteiger partial charge on any atom is -0.396 e. The van der Waals surface area contributed by atoms with Gasteiger partial charge in [0.1, 0.15) is 5.69 Å². The van der Waals surface area contributed by atoms with Crippen molar-refractivity contribution in [3.05, 3.63) is 92.4 Å². The van der Waals surface area contributed by atoms with Crippen LogP contribution in [0.15, 0.2) is 64.3 Å². The standard InChI is InChI=1S/C23H17F3N6O2/c1-13-19(20-18(28)12-29-32(20)16-8-6-14(11-27)7-9-16)21(33)30(2)22(34)31(13)17-5-3-4-15(10-17)23(24,25)26/h3-10,12H,28H2,1-2H3. The molecule has 0 aliphatic carbocycles. The molecule has 2 aromatic heterocycles. The van der Waals surface area contributed by atoms with Gasteiger partial charge in [-0.25, -0.2) is 9.48 Å². The number of nitrogens with two attached hydrogens (primary N) is 1. The van der Waals surface area contributed by atoms with Gasteiger partial charge in [0.05, 0.1) is 46.0 Å². The molecule has 2 N–H and O–H groups in total. The lowest BCUT2D eigenvalue weighted by Gasteiger charge is -2.18. The fraction of sp³-hybridized carbons (Fsp3) is 0.130. The summed E-state index contributed by atoms with van der Waals surface area (Å²) >= 11 is 0. The second-order valence-electron chi connectivity index (χ2n) is 7.51. The molecule has 0 aliphatic rings. The largest absolute Gasteiger partial charge is 0.416 e. The summed E-state index contributed by atoms with van der Waals surface area (Å²) in [6, 6.07) is 12.6. The van der Waals surface area contributed by atoms with Crippen LogP contribution in [0, 0.1) is 18.3 Å². The molecule has 0 atom stereocenters. The summed E-state index contributed by atoms with van der Waals surface area (Å²) in [7, 11) is 1.23. The summed E-state index contributed by atoms with van der Waals surface area (Å²) in [6.45, 7) is 1.45. The first-order chi connectivity index (χ1) is 16.0. The SMILES string of the molecule is Cc1c(-c2c(N)cnn2-c2ccc(C#N)cc2)c(=O)n(C)c(=O)n1-c1cccc(C(F)(F)F)c1. The Morgan fingerprint density at radius 2 is 1.74 bits per heavy atom. The van der Waals surface area contributed by atoms with Crippen molar-refractivity contribution in [2.24, 2.45) is 7.05 Å². The molecular weight excluding hydrogens is 449 g/mol. The molecule has 0 aliphatic heterocycles. The van der Waals surface area contributed by atoms with Gasteiger partial charge in [-0.15, -0.1) is 0 Å². The van der Waals surface area contributed by atoms with Crippen molar-refractivity contribution in [1.29, 1.82) is 5.26 Å². The predicted octanol–water partition coefficient (Wildman–Crippen LogP) is 3.17. The number of rotatable bonds is 3. The summed E-state index contributed by atoms with van der Waals surface area (Å²) in [6.07, 6.45) is -3.29. The molecule has 2 aromatic carbocycles. The molecule has 34 heavy (non-hydrogen) atoms. The van der Waals surface area contributed by atoms with E-state index in [9.17, 15) is 22.8 Å². The van der Waals surface area contributed by atoms with Gasteiger partial charge in [-0.05, 0) is 49.4 Å². The van der Waals surface area contributed by atoms with Gasteiger partial charge in [-0.2, -0.15) is 23.5 Å². The quantitative estimate of drug-likeness (QED) is 0.499. The lowest BCUT2D eigenvalue weighted by Crippen LogP contribution is -2.40. The van der Waals surface area contributed by atoms with E-state index in [-0.39, 0.29) is 28.3 Å². The number of nitrogens with zero attached hydrogens (tertiary/aromatic N) is 5. The first-order valence-corrected chi connectivity index (χ1v) is 9.89. The monoisotopic (exact) mass is 466 g/mol. The van der Waals surface area contributed by atoms with Crippen molar-refractivity contribution < 1.29 is 13.2 Å². The van der Waals surface area contributed by atoms with E-state index in [1.807, 2.05) is 6.07 Å². The number of anilines is 1. The van der Waals surface area contributed by atoms with Gasteiger partial charge in [0, 0.05) is 12.7 Å². The molecule has 0 spiro atoms. The number of nitrogen functional groups attached to an aromatic ring is 1. The van der Waals surface area contributed by atoms with Crippen molar-refractivity contribution in [3.63, 3.8) is 0 Å². The number of hydrogen-bond acceptors (Lipinski definition) is 5. The number of halogens is 3. The summed E-state index contributed by atoms with van der Waals surface area (Å²) in [5, 5.41) is 13.3. The molecule has 0 bridgehead atoms. The van der Waals surface area contributed by atoms with E-state index in [4.69, 9.17) is 11.0 Å². The van der Waals surface area contributed by atoms with Crippen molar-refractivity contribution in [3.8, 4) is 28.7 Å². The highest BCUT2D eigenvalue weighted by Crippen LogP contribution is 2.32. The average molecular weight is 466 g/mol. The maximum Gasteiger partial charge on any atom is 0.416 e.